The molecule has 4 aliphatic rings. The Labute approximate surface area is 486 Å². The zero-order valence-electron chi connectivity index (χ0n) is 49.8. The molecule has 3 heterocycles. The van der Waals surface area contributed by atoms with E-state index >= 15 is 0 Å². The maximum atomic E-state index is 14.5. The second-order valence-corrected chi connectivity index (χ2v) is 23.3. The first-order valence-electron chi connectivity index (χ1n) is 29.3. The Bertz CT molecular complexity index is 2440. The number of fused-ring (bicyclic) bond motifs is 3. The van der Waals surface area contributed by atoms with Crippen LogP contribution in [-0.4, -0.2) is 194 Å². The largest absolute Gasteiger partial charge is 0.469 e. The number of carbonyl (C=O) groups is 11. The zero-order chi connectivity index (χ0) is 61.1. The molecule has 7 amide bonds. The molecule has 0 radical (unpaired) electrons. The van der Waals surface area contributed by atoms with E-state index < -0.39 is 138 Å². The van der Waals surface area contributed by atoms with Crippen LogP contribution in [0.5, 0.6) is 0 Å². The van der Waals surface area contributed by atoms with Crippen LogP contribution in [0.25, 0.3) is 0 Å². The minimum Gasteiger partial charge on any atom is -0.469 e. The summed E-state index contributed by atoms with van der Waals surface area (Å²) in [6.07, 6.45) is -0.114. The van der Waals surface area contributed by atoms with Gasteiger partial charge in [-0.25, -0.2) is 4.79 Å². The third kappa shape index (κ3) is 19.5. The highest BCUT2D eigenvalue weighted by Crippen LogP contribution is 2.37. The van der Waals surface area contributed by atoms with Crippen LogP contribution in [0.4, 0.5) is 0 Å². The maximum absolute atomic E-state index is 14.5. The minimum absolute atomic E-state index is 0.00425. The van der Waals surface area contributed by atoms with Gasteiger partial charge < -0.3 is 64.8 Å². The summed E-state index contributed by atoms with van der Waals surface area (Å²) < 4.78 is 28.3. The third-order valence-electron chi connectivity index (χ3n) is 16.3. The number of hydrogen-bond acceptors (Lipinski definition) is 17. The van der Waals surface area contributed by atoms with E-state index in [1.165, 1.54) is 45.0 Å². The van der Waals surface area contributed by atoms with Crippen molar-refractivity contribution < 1.29 is 81.5 Å². The molecule has 2 bridgehead atoms. The van der Waals surface area contributed by atoms with Gasteiger partial charge in [-0.3, -0.25) is 47.9 Å². The van der Waals surface area contributed by atoms with E-state index in [4.69, 9.17) is 18.9 Å². The number of ether oxygens (including phenoxy) is 5. The summed E-state index contributed by atoms with van der Waals surface area (Å²) in [5.74, 6) is -12.0. The van der Waals surface area contributed by atoms with Crippen molar-refractivity contribution >= 4 is 65.0 Å². The number of nitrogens with zero attached hydrogens (tertiary/aromatic N) is 3. The molecule has 83 heavy (non-hydrogen) atoms. The third-order valence-corrected chi connectivity index (χ3v) is 16.3. The van der Waals surface area contributed by atoms with Crippen molar-refractivity contribution in [2.75, 3.05) is 54.5 Å². The number of hydrogen-bond donors (Lipinski definition) is 5. The zero-order valence-corrected chi connectivity index (χ0v) is 49.8. The fourth-order valence-electron chi connectivity index (χ4n) is 11.4. The number of methoxy groups -OCH3 is 2. The lowest BCUT2D eigenvalue weighted by Crippen LogP contribution is -2.60. The number of rotatable bonds is 12. The highest BCUT2D eigenvalue weighted by atomic mass is 16.6. The predicted octanol–water partition coefficient (Wildman–Crippen LogP) is 2.04. The van der Waals surface area contributed by atoms with Gasteiger partial charge in [0.2, 0.25) is 41.2 Å². The monoisotopic (exact) mass is 1170 g/mol. The first-order valence-corrected chi connectivity index (χ1v) is 29.3. The van der Waals surface area contributed by atoms with Gasteiger partial charge in [-0.2, -0.15) is 0 Å². The molecule has 0 aromatic heterocycles. The van der Waals surface area contributed by atoms with Crippen molar-refractivity contribution in [1.82, 2.24) is 36.0 Å². The lowest BCUT2D eigenvalue weighted by molar-refractivity contribution is -0.263. The molecule has 1 saturated carbocycles. The Morgan fingerprint density at radius 2 is 1.47 bits per heavy atom. The van der Waals surface area contributed by atoms with Gasteiger partial charge in [0.15, 0.2) is 0 Å². The van der Waals surface area contributed by atoms with Gasteiger partial charge in [0.05, 0.1) is 45.1 Å². The summed E-state index contributed by atoms with van der Waals surface area (Å²) in [7, 11) is 5.59. The Morgan fingerprint density at radius 1 is 0.783 bits per heavy atom. The maximum Gasteiger partial charge on any atom is 0.329 e. The van der Waals surface area contributed by atoms with Crippen molar-refractivity contribution in [3.63, 3.8) is 0 Å². The van der Waals surface area contributed by atoms with Crippen LogP contribution in [0.2, 0.25) is 0 Å². The van der Waals surface area contributed by atoms with Crippen LogP contribution in [-0.2, 0) is 82.8 Å². The van der Waals surface area contributed by atoms with E-state index in [1.807, 2.05) is 20.8 Å². The lowest BCUT2D eigenvalue weighted by Gasteiger charge is -2.42. The van der Waals surface area contributed by atoms with Crippen LogP contribution in [0, 0.1) is 23.7 Å². The van der Waals surface area contributed by atoms with E-state index in [0.717, 1.165) is 4.90 Å². The first kappa shape index (κ1) is 67.3. The van der Waals surface area contributed by atoms with Crippen LogP contribution in [0.15, 0.2) is 30.3 Å². The summed E-state index contributed by atoms with van der Waals surface area (Å²) in [5, 5.41) is 23.0. The molecule has 3 aliphatic heterocycles. The number of ketones is 1. The van der Waals surface area contributed by atoms with Gasteiger partial charge in [-0.15, -0.1) is 0 Å². The summed E-state index contributed by atoms with van der Waals surface area (Å²) in [5.41, 5.74) is 0.714. The van der Waals surface area contributed by atoms with Gasteiger partial charge in [-0.05, 0) is 101 Å². The van der Waals surface area contributed by atoms with Gasteiger partial charge in [-0.1, -0.05) is 58.0 Å². The highest BCUT2D eigenvalue weighted by Gasteiger charge is 2.53. The molecule has 24 heteroatoms. The predicted molar refractivity (Wildman–Crippen MR) is 299 cm³/mol. The Morgan fingerprint density at radius 3 is 2.14 bits per heavy atom. The lowest BCUT2D eigenvalue weighted by atomic mass is 9.78. The SMILES string of the molecule is COC(=O)CCC(=O)O[C@@H]1CC[C@H](C[C@@H](C)[C@H]2CC(=O)NCCNC(=O)CN(C)C(=O)[C@H](Cc3ccccc3)NC(=O)[C@H](CC(C)C)N(C)C(=O)[C@H](C)NC(=O)CC[C@H]3CC[C@@H](C)[C@@](O)(O3)C(=O)C(=O)N3CCCC[C@H]3C(=O)O2)C[C@H]1OC. The molecule has 24 nitrogen and oxygen atoms in total. The fourth-order valence-corrected chi connectivity index (χ4v) is 11.4. The molecule has 0 spiro atoms. The van der Waals surface area contributed by atoms with Gasteiger partial charge in [0.1, 0.15) is 36.4 Å². The molecular formula is C59H89N7O17. The van der Waals surface area contributed by atoms with Crippen molar-refractivity contribution in [3.8, 4) is 0 Å². The van der Waals surface area contributed by atoms with E-state index in [2.05, 4.69) is 26.0 Å². The smallest absolute Gasteiger partial charge is 0.329 e. The number of benzene rings is 1. The number of nitrogens with one attached hydrogen (secondary N) is 4. The molecule has 462 valence electrons. The number of likely N-dealkylation sites (N-methyl/N-ethyl adjacent to an activating group) is 2. The second kappa shape index (κ2) is 31.9. The van der Waals surface area contributed by atoms with Crippen LogP contribution >= 0.6 is 0 Å². The summed E-state index contributed by atoms with van der Waals surface area (Å²) in [6.45, 7) is 8.03. The van der Waals surface area contributed by atoms with Gasteiger partial charge in [0, 0.05) is 59.6 Å². The van der Waals surface area contributed by atoms with Crippen molar-refractivity contribution in [1.29, 1.82) is 0 Å². The normalized spacial score (nSPS) is 29.9. The van der Waals surface area contributed by atoms with Crippen LogP contribution in [0.1, 0.15) is 136 Å². The van der Waals surface area contributed by atoms with E-state index in [9.17, 15) is 57.8 Å². The number of amides is 7. The molecule has 3 saturated heterocycles. The second-order valence-electron chi connectivity index (χ2n) is 23.3. The summed E-state index contributed by atoms with van der Waals surface area (Å²) in [4.78, 5) is 154. The van der Waals surface area contributed by atoms with Crippen molar-refractivity contribution in [2.24, 2.45) is 23.7 Å². The first-order chi connectivity index (χ1) is 39.3. The highest BCUT2D eigenvalue weighted by molar-refractivity contribution is 6.39. The number of Topliss-reactive ketones (excluding diaryl/α,β-unsaturated/α-hetero) is 1. The Balaban J connectivity index is 1.40. The number of esters is 3. The molecule has 1 aromatic carbocycles. The molecule has 1 aromatic rings. The van der Waals surface area contributed by atoms with Crippen molar-refractivity contribution in [2.45, 2.75) is 192 Å². The van der Waals surface area contributed by atoms with E-state index in [-0.39, 0.29) is 89.3 Å². The average molecular weight is 1170 g/mol. The standard InChI is InChI=1S/C59H89N7O17/c1-35(2)29-44-54(73)63-42(31-39-15-11-10-12-16-39)56(75)64(6)34-50(69)61-27-26-60-49(68)33-46(36(3)30-40-19-22-45(47(32-40)79-8)81-52(71)25-24-51(70)80-9)82-58(77)43-17-13-14-28-66(43)57(76)53(72)59(78)37(4)18-20-41(83-59)21-23-48(67)62-38(5)55(74)65(44)7/h10-12,15-16,35-38,40-47,78H,13-14,17-34H2,1-9H3,(H,60,68)(H,61,69)(H,62,67)(H,63,73)/t36-,37-,38+,40-,41-,42+,43+,44+,45-,46-,47-,59-/m1/s1. The topological polar surface area (TPSA) is 312 Å². The number of aliphatic hydroxyl groups is 1. The van der Waals surface area contributed by atoms with Crippen molar-refractivity contribution in [3.05, 3.63) is 35.9 Å². The van der Waals surface area contributed by atoms with Gasteiger partial charge >= 0.3 is 17.9 Å². The molecule has 5 rings (SSSR count). The Kier molecular flexibility index (Phi) is 25.9. The van der Waals surface area contributed by atoms with Crippen LogP contribution in [0.3, 0.4) is 0 Å². The van der Waals surface area contributed by atoms with E-state index in [1.54, 1.807) is 37.3 Å². The minimum atomic E-state index is -2.62. The molecule has 0 unspecified atom stereocenters. The van der Waals surface area contributed by atoms with Crippen LogP contribution < -0.4 is 21.3 Å². The molecule has 12 atom stereocenters. The molecule has 4 fully saturated rings. The van der Waals surface area contributed by atoms with Gasteiger partial charge in [0.25, 0.3) is 11.7 Å². The summed E-state index contributed by atoms with van der Waals surface area (Å²) >= 11 is 0. The average Bonchev–Trinajstić information content (AvgIpc) is 3.32. The number of cyclic esters (lactones) is 1. The molecule has 1 aliphatic carbocycles. The molecular weight excluding hydrogens is 1080 g/mol. The van der Waals surface area contributed by atoms with E-state index in [0.29, 0.717) is 50.5 Å². The summed E-state index contributed by atoms with van der Waals surface area (Å²) in [6, 6.07) is 4.31. The quantitative estimate of drug-likeness (QED) is 0.114. The fraction of sp³-hybridized carbons (Fsp3) is 0.712. The Hall–Kier alpha value is -6.53. The number of carbonyl (C=O) groups excluding carboxylic acids is 11. The number of piperidine rings is 1. The molecule has 5 N–H and O–H groups in total.